The summed E-state index contributed by atoms with van der Waals surface area (Å²) in [4.78, 5) is 24.4. The first-order chi connectivity index (χ1) is 16.2. The molecule has 1 amide bonds. The van der Waals surface area contributed by atoms with Crippen LogP contribution in [0.5, 0.6) is 0 Å². The second-order valence-corrected chi connectivity index (χ2v) is 8.96. The van der Waals surface area contributed by atoms with Crippen molar-refractivity contribution in [3.05, 3.63) is 96.1 Å². The average molecular weight is 440 g/mol. The highest BCUT2D eigenvalue weighted by Gasteiger charge is 2.27. The van der Waals surface area contributed by atoms with E-state index in [-0.39, 0.29) is 11.9 Å². The fourth-order valence-electron chi connectivity index (χ4n) is 4.67. The normalized spacial score (nSPS) is 18.9. The summed E-state index contributed by atoms with van der Waals surface area (Å²) in [6.45, 7) is 5.73. The lowest BCUT2D eigenvalue weighted by molar-refractivity contribution is 0.0859. The Morgan fingerprint density at radius 3 is 2.67 bits per heavy atom. The third-order valence-electron chi connectivity index (χ3n) is 6.50. The molecule has 4 aromatic rings. The van der Waals surface area contributed by atoms with Crippen molar-refractivity contribution in [2.45, 2.75) is 32.5 Å². The van der Waals surface area contributed by atoms with E-state index in [0.717, 1.165) is 49.3 Å². The molecule has 2 aromatic carbocycles. The van der Waals surface area contributed by atoms with E-state index in [1.54, 1.807) is 0 Å². The Balaban J connectivity index is 1.21. The van der Waals surface area contributed by atoms with Crippen LogP contribution in [0.1, 0.15) is 35.0 Å². The third-order valence-corrected chi connectivity index (χ3v) is 6.50. The molecule has 2 atom stereocenters. The zero-order valence-electron chi connectivity index (χ0n) is 18.9. The molecule has 0 saturated carbocycles. The number of aromatic nitrogens is 3. The molecule has 6 nitrogen and oxygen atoms in total. The Hall–Kier alpha value is -3.51. The minimum Gasteiger partial charge on any atom is -0.349 e. The Bertz CT molecular complexity index is 1220. The standard InChI is InChI=1S/C27H29N5O/c1-20-16-31(18-23-9-5-6-13-28-23)14-12-24(20)30-27(33)22-10-11-26-25(15-22)29-19-32(26)17-21-7-3-2-4-8-21/h2-11,13,15,19-20,24H,12,14,16-18H2,1H3,(H,30,33). The topological polar surface area (TPSA) is 63.1 Å². The van der Waals surface area contributed by atoms with E-state index >= 15 is 0 Å². The second-order valence-electron chi connectivity index (χ2n) is 8.96. The summed E-state index contributed by atoms with van der Waals surface area (Å²) in [5, 5.41) is 3.26. The molecule has 0 radical (unpaired) electrons. The van der Waals surface area contributed by atoms with Crippen molar-refractivity contribution in [2.24, 2.45) is 5.92 Å². The van der Waals surface area contributed by atoms with E-state index in [1.165, 1.54) is 5.56 Å². The summed E-state index contributed by atoms with van der Waals surface area (Å²) < 4.78 is 2.12. The van der Waals surface area contributed by atoms with Crippen LogP contribution in [0.15, 0.2) is 79.3 Å². The predicted octanol–water partition coefficient (Wildman–Crippen LogP) is 4.12. The van der Waals surface area contributed by atoms with Gasteiger partial charge in [0, 0.05) is 44.0 Å². The van der Waals surface area contributed by atoms with Crippen LogP contribution in [0.25, 0.3) is 11.0 Å². The molecule has 1 aliphatic heterocycles. The van der Waals surface area contributed by atoms with Crippen molar-refractivity contribution < 1.29 is 4.79 Å². The van der Waals surface area contributed by atoms with Crippen LogP contribution in [0.2, 0.25) is 0 Å². The number of hydrogen-bond acceptors (Lipinski definition) is 4. The van der Waals surface area contributed by atoms with Crippen LogP contribution in [0.3, 0.4) is 0 Å². The first kappa shape index (κ1) is 21.3. The molecule has 6 heteroatoms. The largest absolute Gasteiger partial charge is 0.349 e. The number of fused-ring (bicyclic) bond motifs is 1. The molecule has 1 aliphatic rings. The monoisotopic (exact) mass is 439 g/mol. The zero-order valence-corrected chi connectivity index (χ0v) is 18.9. The third kappa shape index (κ3) is 4.96. The molecule has 33 heavy (non-hydrogen) atoms. The smallest absolute Gasteiger partial charge is 0.251 e. The lowest BCUT2D eigenvalue weighted by atomic mass is 9.93. The number of likely N-dealkylation sites (tertiary alicyclic amines) is 1. The molecule has 0 bridgehead atoms. The number of imidazole rings is 1. The fraction of sp³-hybridized carbons (Fsp3) is 0.296. The SMILES string of the molecule is CC1CN(Cc2ccccn2)CCC1NC(=O)c1ccc2c(c1)ncn2Cc1ccccc1. The van der Waals surface area contributed by atoms with Gasteiger partial charge in [-0.2, -0.15) is 0 Å². The number of nitrogens with zero attached hydrogens (tertiary/aromatic N) is 4. The van der Waals surface area contributed by atoms with Crippen molar-refractivity contribution in [1.29, 1.82) is 0 Å². The minimum absolute atomic E-state index is 0.0236. The van der Waals surface area contributed by atoms with Gasteiger partial charge in [-0.15, -0.1) is 0 Å². The Morgan fingerprint density at radius 1 is 1.03 bits per heavy atom. The highest BCUT2D eigenvalue weighted by molar-refractivity contribution is 5.97. The van der Waals surface area contributed by atoms with E-state index in [9.17, 15) is 4.79 Å². The molecular weight excluding hydrogens is 410 g/mol. The Kier molecular flexibility index (Phi) is 6.17. The molecule has 1 fully saturated rings. The minimum atomic E-state index is -0.0236. The van der Waals surface area contributed by atoms with Crippen molar-refractivity contribution in [1.82, 2.24) is 24.8 Å². The van der Waals surface area contributed by atoms with E-state index < -0.39 is 0 Å². The highest BCUT2D eigenvalue weighted by Crippen LogP contribution is 2.20. The van der Waals surface area contributed by atoms with E-state index in [1.807, 2.05) is 61.1 Å². The molecule has 0 aliphatic carbocycles. The first-order valence-electron chi connectivity index (χ1n) is 11.6. The quantitative estimate of drug-likeness (QED) is 0.491. The Morgan fingerprint density at radius 2 is 1.88 bits per heavy atom. The fourth-order valence-corrected chi connectivity index (χ4v) is 4.67. The van der Waals surface area contributed by atoms with E-state index in [4.69, 9.17) is 0 Å². The second kappa shape index (κ2) is 9.55. The van der Waals surface area contributed by atoms with Crippen LogP contribution in [0, 0.1) is 5.92 Å². The number of piperidine rings is 1. The number of hydrogen-bond donors (Lipinski definition) is 1. The summed E-state index contributed by atoms with van der Waals surface area (Å²) in [5.41, 5.74) is 4.85. The Labute approximate surface area is 194 Å². The summed E-state index contributed by atoms with van der Waals surface area (Å²) in [5.74, 6) is 0.352. The maximum Gasteiger partial charge on any atom is 0.251 e. The molecule has 3 heterocycles. The van der Waals surface area contributed by atoms with Gasteiger partial charge in [-0.05, 0) is 48.2 Å². The number of rotatable bonds is 6. The van der Waals surface area contributed by atoms with Gasteiger partial charge in [0.2, 0.25) is 0 Å². The zero-order chi connectivity index (χ0) is 22.6. The number of carbonyl (C=O) groups is 1. The van der Waals surface area contributed by atoms with Crippen LogP contribution in [-0.4, -0.2) is 44.5 Å². The van der Waals surface area contributed by atoms with Gasteiger partial charge in [0.1, 0.15) is 0 Å². The maximum atomic E-state index is 13.0. The number of nitrogens with one attached hydrogen (secondary N) is 1. The predicted molar refractivity (Wildman–Crippen MR) is 130 cm³/mol. The molecular formula is C27H29N5O. The number of amides is 1. The molecule has 1 N–H and O–H groups in total. The van der Waals surface area contributed by atoms with Gasteiger partial charge in [-0.25, -0.2) is 4.98 Å². The molecule has 5 rings (SSSR count). The van der Waals surface area contributed by atoms with Gasteiger partial charge in [0.15, 0.2) is 0 Å². The lowest BCUT2D eigenvalue weighted by Crippen LogP contribution is -2.49. The van der Waals surface area contributed by atoms with Crippen molar-refractivity contribution in [3.8, 4) is 0 Å². The van der Waals surface area contributed by atoms with Crippen LogP contribution >= 0.6 is 0 Å². The molecule has 2 unspecified atom stereocenters. The van der Waals surface area contributed by atoms with Gasteiger partial charge < -0.3 is 9.88 Å². The van der Waals surface area contributed by atoms with Gasteiger partial charge in [0.25, 0.3) is 5.91 Å². The van der Waals surface area contributed by atoms with Crippen molar-refractivity contribution in [2.75, 3.05) is 13.1 Å². The van der Waals surface area contributed by atoms with Crippen LogP contribution in [0.4, 0.5) is 0 Å². The van der Waals surface area contributed by atoms with Crippen molar-refractivity contribution >= 4 is 16.9 Å². The summed E-state index contributed by atoms with van der Waals surface area (Å²) in [7, 11) is 0. The molecule has 168 valence electrons. The van der Waals surface area contributed by atoms with Gasteiger partial charge in [-0.3, -0.25) is 14.7 Å². The van der Waals surface area contributed by atoms with E-state index in [2.05, 4.69) is 49.9 Å². The van der Waals surface area contributed by atoms with Gasteiger partial charge in [-0.1, -0.05) is 43.3 Å². The highest BCUT2D eigenvalue weighted by atomic mass is 16.1. The summed E-state index contributed by atoms with van der Waals surface area (Å²) >= 11 is 0. The van der Waals surface area contributed by atoms with Crippen LogP contribution < -0.4 is 5.32 Å². The van der Waals surface area contributed by atoms with E-state index in [0.29, 0.717) is 11.5 Å². The molecule has 0 spiro atoms. The average Bonchev–Trinajstić information content (AvgIpc) is 3.24. The summed E-state index contributed by atoms with van der Waals surface area (Å²) in [6, 6.07) is 22.3. The molecule has 1 saturated heterocycles. The summed E-state index contributed by atoms with van der Waals surface area (Å²) in [6.07, 6.45) is 4.62. The number of pyridine rings is 1. The van der Waals surface area contributed by atoms with Gasteiger partial charge >= 0.3 is 0 Å². The van der Waals surface area contributed by atoms with Crippen molar-refractivity contribution in [3.63, 3.8) is 0 Å². The maximum absolute atomic E-state index is 13.0. The van der Waals surface area contributed by atoms with Crippen LogP contribution in [-0.2, 0) is 13.1 Å². The number of carbonyl (C=O) groups excluding carboxylic acids is 1. The lowest BCUT2D eigenvalue weighted by Gasteiger charge is -2.37. The first-order valence-corrected chi connectivity index (χ1v) is 11.6. The molecule has 2 aromatic heterocycles. The van der Waals surface area contributed by atoms with Gasteiger partial charge in [0.05, 0.1) is 23.1 Å². The number of benzene rings is 2.